The first kappa shape index (κ1) is 14.6. The van der Waals surface area contributed by atoms with E-state index in [4.69, 9.17) is 11.6 Å². The third-order valence-corrected chi connectivity index (χ3v) is 4.89. The quantitative estimate of drug-likeness (QED) is 0.778. The highest BCUT2D eigenvalue weighted by molar-refractivity contribution is 6.29. The molecule has 0 radical (unpaired) electrons. The number of piperidine rings is 1. The summed E-state index contributed by atoms with van der Waals surface area (Å²) in [5, 5.41) is 0.560. The van der Waals surface area contributed by atoms with Gasteiger partial charge in [-0.25, -0.2) is 9.97 Å². The van der Waals surface area contributed by atoms with Gasteiger partial charge in [0.05, 0.1) is 0 Å². The van der Waals surface area contributed by atoms with Crippen molar-refractivity contribution in [2.75, 3.05) is 18.0 Å². The van der Waals surface area contributed by atoms with Gasteiger partial charge in [0.25, 0.3) is 0 Å². The molecule has 1 fully saturated rings. The van der Waals surface area contributed by atoms with E-state index in [1.807, 2.05) is 6.07 Å². The summed E-state index contributed by atoms with van der Waals surface area (Å²) in [7, 11) is 0. The van der Waals surface area contributed by atoms with E-state index in [2.05, 4.69) is 35.6 Å². The number of halogens is 1. The summed E-state index contributed by atoms with van der Waals surface area (Å²) in [4.78, 5) is 11.2. The highest BCUT2D eigenvalue weighted by atomic mass is 35.5. The molecule has 1 aromatic rings. The highest BCUT2D eigenvalue weighted by Crippen LogP contribution is 2.38. The number of nitrogens with zero attached hydrogens (tertiary/aromatic N) is 3. The molecule has 2 rings (SSSR count). The van der Waals surface area contributed by atoms with Gasteiger partial charge in [-0.1, -0.05) is 45.2 Å². The number of rotatable bonds is 4. The van der Waals surface area contributed by atoms with E-state index in [0.29, 0.717) is 10.6 Å². The molecule has 19 heavy (non-hydrogen) atoms. The molecule has 0 unspecified atom stereocenters. The minimum atomic E-state index is 0.543. The van der Waals surface area contributed by atoms with Gasteiger partial charge in [0.1, 0.15) is 16.8 Å². The van der Waals surface area contributed by atoms with Gasteiger partial charge < -0.3 is 4.90 Å². The molecule has 1 aromatic heterocycles. The molecule has 0 N–H and O–H groups in total. The molecule has 4 heteroatoms. The topological polar surface area (TPSA) is 29.0 Å². The Labute approximate surface area is 121 Å². The van der Waals surface area contributed by atoms with Crippen molar-refractivity contribution in [3.63, 3.8) is 0 Å². The second-order valence-electron chi connectivity index (χ2n) is 5.51. The number of aryl methyl sites for hydroxylation is 1. The largest absolute Gasteiger partial charge is 0.356 e. The van der Waals surface area contributed by atoms with Crippen LogP contribution in [0.4, 0.5) is 5.82 Å². The van der Waals surface area contributed by atoms with Gasteiger partial charge in [0.15, 0.2) is 0 Å². The first-order chi connectivity index (χ1) is 9.12. The van der Waals surface area contributed by atoms with E-state index in [1.54, 1.807) is 0 Å². The summed E-state index contributed by atoms with van der Waals surface area (Å²) in [6.45, 7) is 8.85. The third-order valence-electron chi connectivity index (χ3n) is 4.69. The Kier molecular flexibility index (Phi) is 4.67. The molecule has 0 amide bonds. The number of aromatic nitrogens is 2. The summed E-state index contributed by atoms with van der Waals surface area (Å²) in [6, 6.07) is 1.89. The van der Waals surface area contributed by atoms with Gasteiger partial charge in [0, 0.05) is 25.6 Å². The van der Waals surface area contributed by atoms with Crippen LogP contribution in [0.5, 0.6) is 0 Å². The zero-order chi connectivity index (χ0) is 13.9. The van der Waals surface area contributed by atoms with Crippen LogP contribution in [-0.4, -0.2) is 23.1 Å². The Morgan fingerprint density at radius 1 is 1.16 bits per heavy atom. The maximum absolute atomic E-state index is 6.08. The van der Waals surface area contributed by atoms with Crippen LogP contribution >= 0.6 is 11.6 Å². The van der Waals surface area contributed by atoms with Crippen LogP contribution in [0.2, 0.25) is 5.15 Å². The predicted octanol–water partition coefficient (Wildman–Crippen LogP) is 4.10. The lowest BCUT2D eigenvalue weighted by atomic mass is 9.74. The number of hydrogen-bond donors (Lipinski definition) is 0. The minimum absolute atomic E-state index is 0.543. The van der Waals surface area contributed by atoms with Gasteiger partial charge in [-0.2, -0.15) is 0 Å². The van der Waals surface area contributed by atoms with Gasteiger partial charge in [-0.05, 0) is 18.3 Å². The van der Waals surface area contributed by atoms with Crippen LogP contribution < -0.4 is 4.90 Å². The zero-order valence-electron chi connectivity index (χ0n) is 12.2. The first-order valence-corrected chi connectivity index (χ1v) is 7.78. The lowest BCUT2D eigenvalue weighted by Gasteiger charge is -2.41. The molecule has 3 nitrogen and oxygen atoms in total. The molecule has 106 valence electrons. The summed E-state index contributed by atoms with van der Waals surface area (Å²) in [5.74, 6) is 1.84. The molecule has 0 aliphatic carbocycles. The highest BCUT2D eigenvalue weighted by Gasteiger charge is 2.31. The SMILES string of the molecule is CCc1nc(Cl)cc(N2CCC(CC)(CC)CC2)n1. The number of hydrogen-bond acceptors (Lipinski definition) is 3. The lowest BCUT2D eigenvalue weighted by Crippen LogP contribution is -2.40. The minimum Gasteiger partial charge on any atom is -0.356 e. The second kappa shape index (κ2) is 6.08. The Morgan fingerprint density at radius 2 is 1.79 bits per heavy atom. The van der Waals surface area contributed by atoms with Crippen LogP contribution in [0, 0.1) is 5.41 Å². The van der Waals surface area contributed by atoms with Crippen LogP contribution in [0.1, 0.15) is 52.3 Å². The fraction of sp³-hybridized carbons (Fsp3) is 0.733. The summed E-state index contributed by atoms with van der Waals surface area (Å²) in [5.41, 5.74) is 0.543. The van der Waals surface area contributed by atoms with Crippen molar-refractivity contribution in [2.24, 2.45) is 5.41 Å². The van der Waals surface area contributed by atoms with Crippen molar-refractivity contribution in [1.29, 1.82) is 0 Å². The van der Waals surface area contributed by atoms with Crippen molar-refractivity contribution in [2.45, 2.75) is 52.9 Å². The van der Waals surface area contributed by atoms with Crippen LogP contribution in [0.15, 0.2) is 6.07 Å². The van der Waals surface area contributed by atoms with Crippen molar-refractivity contribution < 1.29 is 0 Å². The molecule has 0 atom stereocenters. The summed E-state index contributed by atoms with van der Waals surface area (Å²) < 4.78 is 0. The molecule has 0 bridgehead atoms. The van der Waals surface area contributed by atoms with Crippen molar-refractivity contribution in [3.8, 4) is 0 Å². The molecule has 0 saturated carbocycles. The standard InChI is InChI=1S/C15H24ClN3/c1-4-13-17-12(16)11-14(18-13)19-9-7-15(5-2,6-3)8-10-19/h11H,4-10H2,1-3H3. The van der Waals surface area contributed by atoms with Crippen molar-refractivity contribution >= 4 is 17.4 Å². The molecule has 1 aliphatic rings. The van der Waals surface area contributed by atoms with Gasteiger partial charge >= 0.3 is 0 Å². The zero-order valence-corrected chi connectivity index (χ0v) is 13.0. The maximum Gasteiger partial charge on any atom is 0.134 e. The monoisotopic (exact) mass is 281 g/mol. The molecule has 0 aromatic carbocycles. The van der Waals surface area contributed by atoms with E-state index in [9.17, 15) is 0 Å². The fourth-order valence-electron chi connectivity index (χ4n) is 2.94. The van der Waals surface area contributed by atoms with Crippen molar-refractivity contribution in [1.82, 2.24) is 9.97 Å². The Bertz CT molecular complexity index is 419. The smallest absolute Gasteiger partial charge is 0.134 e. The van der Waals surface area contributed by atoms with E-state index >= 15 is 0 Å². The average Bonchev–Trinajstić information content (AvgIpc) is 2.46. The predicted molar refractivity (Wildman–Crippen MR) is 80.9 cm³/mol. The van der Waals surface area contributed by atoms with Crippen LogP contribution in [0.3, 0.4) is 0 Å². The van der Waals surface area contributed by atoms with E-state index in [0.717, 1.165) is 31.2 Å². The lowest BCUT2D eigenvalue weighted by molar-refractivity contribution is 0.199. The van der Waals surface area contributed by atoms with Gasteiger partial charge in [0.2, 0.25) is 0 Å². The average molecular weight is 282 g/mol. The van der Waals surface area contributed by atoms with Crippen LogP contribution in [0.25, 0.3) is 0 Å². The Balaban J connectivity index is 2.11. The third kappa shape index (κ3) is 3.19. The molecular weight excluding hydrogens is 258 g/mol. The number of anilines is 1. The maximum atomic E-state index is 6.08. The first-order valence-electron chi connectivity index (χ1n) is 7.41. The van der Waals surface area contributed by atoms with Crippen LogP contribution in [-0.2, 0) is 6.42 Å². The normalized spacial score (nSPS) is 18.6. The van der Waals surface area contributed by atoms with E-state index in [1.165, 1.54) is 25.7 Å². The molecular formula is C15H24ClN3. The van der Waals surface area contributed by atoms with E-state index in [-0.39, 0.29) is 0 Å². The van der Waals surface area contributed by atoms with Gasteiger partial charge in [-0.3, -0.25) is 0 Å². The Hall–Kier alpha value is -0.830. The van der Waals surface area contributed by atoms with Crippen molar-refractivity contribution in [3.05, 3.63) is 17.0 Å². The molecule has 1 saturated heterocycles. The molecule has 2 heterocycles. The Morgan fingerprint density at radius 3 is 2.32 bits per heavy atom. The van der Waals surface area contributed by atoms with Gasteiger partial charge in [-0.15, -0.1) is 0 Å². The fourth-order valence-corrected chi connectivity index (χ4v) is 3.13. The molecule has 0 spiro atoms. The summed E-state index contributed by atoms with van der Waals surface area (Å²) >= 11 is 6.08. The second-order valence-corrected chi connectivity index (χ2v) is 5.90. The summed E-state index contributed by atoms with van der Waals surface area (Å²) in [6.07, 6.45) is 5.89. The molecule has 1 aliphatic heterocycles. The van der Waals surface area contributed by atoms with E-state index < -0.39 is 0 Å².